The van der Waals surface area contributed by atoms with Gasteiger partial charge >= 0.3 is 0 Å². The summed E-state index contributed by atoms with van der Waals surface area (Å²) in [7, 11) is 3.65. The monoisotopic (exact) mass is 374 g/mol. The van der Waals surface area contributed by atoms with Gasteiger partial charge in [-0.25, -0.2) is 4.39 Å². The molecule has 2 N–H and O–H groups in total. The summed E-state index contributed by atoms with van der Waals surface area (Å²) in [4.78, 5) is 6.66. The second-order valence-electron chi connectivity index (χ2n) is 6.54. The Bertz CT molecular complexity index is 739. The van der Waals surface area contributed by atoms with Crippen molar-refractivity contribution >= 4 is 5.96 Å². The van der Waals surface area contributed by atoms with Crippen molar-refractivity contribution in [1.82, 2.24) is 25.3 Å². The quantitative estimate of drug-likeness (QED) is 0.589. The number of aliphatic imine (C=N–C) groups is 1. The largest absolute Gasteiger partial charge is 0.379 e. The molecule has 0 aliphatic carbocycles. The van der Waals surface area contributed by atoms with Gasteiger partial charge in [0.05, 0.1) is 25.5 Å². The van der Waals surface area contributed by atoms with E-state index in [1.807, 2.05) is 31.6 Å². The fraction of sp³-hybridized carbons (Fsp3) is 0.474. The topological polar surface area (TPSA) is 66.7 Å². The summed E-state index contributed by atoms with van der Waals surface area (Å²) in [6.07, 6.45) is 3.80. The van der Waals surface area contributed by atoms with Crippen LogP contribution < -0.4 is 10.6 Å². The number of guanidine groups is 1. The van der Waals surface area contributed by atoms with Gasteiger partial charge in [-0.1, -0.05) is 12.1 Å². The van der Waals surface area contributed by atoms with Crippen molar-refractivity contribution in [2.24, 2.45) is 12.0 Å². The molecule has 0 spiro atoms. The molecule has 1 saturated heterocycles. The molecule has 1 aliphatic rings. The molecule has 0 amide bonds. The Balaban J connectivity index is 1.62. The number of aromatic nitrogens is 2. The van der Waals surface area contributed by atoms with Crippen LogP contribution in [0.25, 0.3) is 0 Å². The van der Waals surface area contributed by atoms with E-state index in [1.54, 1.807) is 11.7 Å². The van der Waals surface area contributed by atoms with E-state index < -0.39 is 0 Å². The fourth-order valence-corrected chi connectivity index (χ4v) is 3.19. The summed E-state index contributed by atoms with van der Waals surface area (Å²) >= 11 is 0. The smallest absolute Gasteiger partial charge is 0.191 e. The highest BCUT2D eigenvalue weighted by Crippen LogP contribution is 2.21. The predicted octanol–water partition coefficient (Wildman–Crippen LogP) is 1.30. The summed E-state index contributed by atoms with van der Waals surface area (Å²) in [5, 5.41) is 10.9. The lowest BCUT2D eigenvalue weighted by molar-refractivity contribution is 0.0170. The van der Waals surface area contributed by atoms with Gasteiger partial charge in [-0.05, 0) is 17.7 Å². The second-order valence-corrected chi connectivity index (χ2v) is 6.54. The first-order valence-corrected chi connectivity index (χ1v) is 9.15. The first-order chi connectivity index (χ1) is 13.2. The van der Waals surface area contributed by atoms with E-state index in [0.717, 1.165) is 30.2 Å². The van der Waals surface area contributed by atoms with E-state index in [9.17, 15) is 4.39 Å². The Morgan fingerprint density at radius 1 is 1.26 bits per heavy atom. The van der Waals surface area contributed by atoms with Crippen molar-refractivity contribution in [3.05, 3.63) is 53.6 Å². The predicted molar refractivity (Wildman–Crippen MR) is 103 cm³/mol. The van der Waals surface area contributed by atoms with Crippen LogP contribution in [0.15, 0.2) is 41.7 Å². The Labute approximate surface area is 159 Å². The molecule has 1 unspecified atom stereocenters. The van der Waals surface area contributed by atoms with Crippen LogP contribution in [0.2, 0.25) is 0 Å². The maximum atomic E-state index is 13.3. The summed E-state index contributed by atoms with van der Waals surface area (Å²) in [6.45, 7) is 4.44. The van der Waals surface area contributed by atoms with E-state index in [2.05, 4.69) is 25.6 Å². The molecule has 1 aromatic carbocycles. The molecule has 7 nitrogen and oxygen atoms in total. The average Bonchev–Trinajstić information content (AvgIpc) is 3.11. The normalized spacial score (nSPS) is 16.9. The standard InChI is InChI=1S/C19H27FN6O/c1-21-19(22-11-15-12-24-25(2)14-15)23-13-18(26-7-9-27-10-8-26)16-3-5-17(20)6-4-16/h3-6,12,14,18H,7-11,13H2,1-2H3,(H2,21,22,23). The van der Waals surface area contributed by atoms with Crippen molar-refractivity contribution in [1.29, 1.82) is 0 Å². The third-order valence-corrected chi connectivity index (χ3v) is 4.65. The maximum Gasteiger partial charge on any atom is 0.191 e. The zero-order valence-corrected chi connectivity index (χ0v) is 15.9. The molecule has 146 valence electrons. The minimum atomic E-state index is -0.221. The average molecular weight is 374 g/mol. The molecule has 1 aromatic heterocycles. The van der Waals surface area contributed by atoms with Gasteiger partial charge in [0, 0.05) is 52.0 Å². The van der Waals surface area contributed by atoms with Crippen LogP contribution in [0.5, 0.6) is 0 Å². The first kappa shape index (κ1) is 19.3. The van der Waals surface area contributed by atoms with Gasteiger partial charge in [0.15, 0.2) is 5.96 Å². The van der Waals surface area contributed by atoms with Gasteiger partial charge in [0.2, 0.25) is 0 Å². The number of hydrogen-bond donors (Lipinski definition) is 2. The molecule has 8 heteroatoms. The van der Waals surface area contributed by atoms with E-state index in [4.69, 9.17) is 4.74 Å². The summed E-state index contributed by atoms with van der Waals surface area (Å²) in [5.74, 6) is 0.501. The van der Waals surface area contributed by atoms with Crippen molar-refractivity contribution in [3.63, 3.8) is 0 Å². The summed E-state index contributed by atoms with van der Waals surface area (Å²) < 4.78 is 20.6. The van der Waals surface area contributed by atoms with Crippen LogP contribution in [-0.2, 0) is 18.3 Å². The maximum absolute atomic E-state index is 13.3. The summed E-state index contributed by atoms with van der Waals surface area (Å²) in [5.41, 5.74) is 2.16. The van der Waals surface area contributed by atoms with Gasteiger partial charge in [-0.3, -0.25) is 14.6 Å². The number of nitrogens with one attached hydrogen (secondary N) is 2. The molecule has 0 bridgehead atoms. The Morgan fingerprint density at radius 3 is 2.63 bits per heavy atom. The van der Waals surface area contributed by atoms with Gasteiger partial charge in [-0.15, -0.1) is 0 Å². The second kappa shape index (κ2) is 9.48. The molecule has 3 rings (SSSR count). The number of benzene rings is 1. The SMILES string of the molecule is CN=C(NCc1cnn(C)c1)NCC(c1ccc(F)cc1)N1CCOCC1. The van der Waals surface area contributed by atoms with Gasteiger partial charge < -0.3 is 15.4 Å². The minimum absolute atomic E-state index is 0.117. The third kappa shape index (κ3) is 5.51. The van der Waals surface area contributed by atoms with Crippen LogP contribution in [-0.4, -0.2) is 60.5 Å². The highest BCUT2D eigenvalue weighted by Gasteiger charge is 2.23. The van der Waals surface area contributed by atoms with Crippen LogP contribution >= 0.6 is 0 Å². The third-order valence-electron chi connectivity index (χ3n) is 4.65. The molecule has 0 saturated carbocycles. The Kier molecular flexibility index (Phi) is 6.78. The molecule has 27 heavy (non-hydrogen) atoms. The Morgan fingerprint density at radius 2 is 2.00 bits per heavy atom. The van der Waals surface area contributed by atoms with Gasteiger partial charge in [0.25, 0.3) is 0 Å². The Hall–Kier alpha value is -2.45. The fourth-order valence-electron chi connectivity index (χ4n) is 3.19. The molecule has 0 radical (unpaired) electrons. The van der Waals surface area contributed by atoms with Crippen LogP contribution in [0.4, 0.5) is 4.39 Å². The van der Waals surface area contributed by atoms with Crippen molar-refractivity contribution < 1.29 is 9.13 Å². The molecular formula is C19H27FN6O. The number of ether oxygens (including phenoxy) is 1. The molecule has 1 atom stereocenters. The van der Waals surface area contributed by atoms with Gasteiger partial charge in [-0.2, -0.15) is 5.10 Å². The van der Waals surface area contributed by atoms with Crippen molar-refractivity contribution in [2.45, 2.75) is 12.6 Å². The number of morpholine rings is 1. The zero-order chi connectivity index (χ0) is 19.1. The van der Waals surface area contributed by atoms with E-state index in [1.165, 1.54) is 12.1 Å². The zero-order valence-electron chi connectivity index (χ0n) is 15.9. The van der Waals surface area contributed by atoms with Gasteiger partial charge in [0.1, 0.15) is 5.82 Å². The molecule has 2 heterocycles. The summed E-state index contributed by atoms with van der Waals surface area (Å²) in [6, 6.07) is 6.84. The number of nitrogens with zero attached hydrogens (tertiary/aromatic N) is 4. The molecule has 1 aliphatic heterocycles. The molecule has 2 aromatic rings. The van der Waals surface area contributed by atoms with Crippen LogP contribution in [0.1, 0.15) is 17.2 Å². The van der Waals surface area contributed by atoms with E-state index in [-0.39, 0.29) is 11.9 Å². The molecular weight excluding hydrogens is 347 g/mol. The number of aryl methyl sites for hydroxylation is 1. The number of halogens is 1. The van der Waals surface area contributed by atoms with Crippen LogP contribution in [0, 0.1) is 5.82 Å². The minimum Gasteiger partial charge on any atom is -0.379 e. The molecule has 1 fully saturated rings. The lowest BCUT2D eigenvalue weighted by atomic mass is 10.0. The number of rotatable bonds is 6. The number of hydrogen-bond acceptors (Lipinski definition) is 4. The first-order valence-electron chi connectivity index (χ1n) is 9.15. The van der Waals surface area contributed by atoms with E-state index >= 15 is 0 Å². The van der Waals surface area contributed by atoms with Crippen LogP contribution in [0.3, 0.4) is 0 Å². The van der Waals surface area contributed by atoms with Crippen molar-refractivity contribution in [2.75, 3.05) is 39.9 Å². The lowest BCUT2D eigenvalue weighted by Crippen LogP contribution is -2.46. The lowest BCUT2D eigenvalue weighted by Gasteiger charge is -2.35. The highest BCUT2D eigenvalue weighted by atomic mass is 19.1. The van der Waals surface area contributed by atoms with Crippen molar-refractivity contribution in [3.8, 4) is 0 Å². The highest BCUT2D eigenvalue weighted by molar-refractivity contribution is 5.79. The van der Waals surface area contributed by atoms with E-state index in [0.29, 0.717) is 26.3 Å².